The van der Waals surface area contributed by atoms with Crippen molar-refractivity contribution in [2.75, 3.05) is 5.75 Å². The van der Waals surface area contributed by atoms with E-state index >= 15 is 0 Å². The van der Waals surface area contributed by atoms with Gasteiger partial charge in [-0.25, -0.2) is 0 Å². The highest BCUT2D eigenvalue weighted by Crippen LogP contribution is 2.18. The van der Waals surface area contributed by atoms with Gasteiger partial charge in [0, 0.05) is 17.9 Å². The van der Waals surface area contributed by atoms with E-state index in [-0.39, 0.29) is 0 Å². The molecule has 0 aliphatic carbocycles. The summed E-state index contributed by atoms with van der Waals surface area (Å²) in [4.78, 5) is 0. The minimum atomic E-state index is 0.783. The van der Waals surface area contributed by atoms with Crippen molar-refractivity contribution in [2.45, 2.75) is 32.2 Å². The van der Waals surface area contributed by atoms with E-state index in [9.17, 15) is 5.21 Å². The van der Waals surface area contributed by atoms with Gasteiger partial charge in [-0.05, 0) is 43.9 Å². The SMILES string of the molecule is Cc1ccc(C)c(CCSc2cc(C)cc[n+]2[O-])c1. The summed E-state index contributed by atoms with van der Waals surface area (Å²) in [7, 11) is 0. The number of rotatable bonds is 4. The molecule has 0 saturated carbocycles. The van der Waals surface area contributed by atoms with Gasteiger partial charge in [-0.3, -0.25) is 0 Å². The van der Waals surface area contributed by atoms with E-state index in [0.29, 0.717) is 0 Å². The maximum Gasteiger partial charge on any atom is 0.251 e. The van der Waals surface area contributed by atoms with Crippen molar-refractivity contribution in [3.63, 3.8) is 0 Å². The van der Waals surface area contributed by atoms with Crippen LogP contribution in [0.3, 0.4) is 0 Å². The molecule has 0 N–H and O–H groups in total. The lowest BCUT2D eigenvalue weighted by molar-refractivity contribution is -0.645. The molecule has 0 bridgehead atoms. The minimum absolute atomic E-state index is 0.783. The van der Waals surface area contributed by atoms with Crippen LogP contribution < -0.4 is 4.73 Å². The maximum atomic E-state index is 11.6. The quantitative estimate of drug-likeness (QED) is 0.483. The monoisotopic (exact) mass is 273 g/mol. The van der Waals surface area contributed by atoms with Gasteiger partial charge in [-0.2, -0.15) is 4.73 Å². The molecule has 0 unspecified atom stereocenters. The summed E-state index contributed by atoms with van der Waals surface area (Å²) in [5.74, 6) is 0.927. The Labute approximate surface area is 119 Å². The Hall–Kier alpha value is -1.48. The Kier molecular flexibility index (Phi) is 4.48. The van der Waals surface area contributed by atoms with Crippen LogP contribution in [0.5, 0.6) is 0 Å². The number of benzene rings is 1. The third-order valence-corrected chi connectivity index (χ3v) is 4.17. The highest BCUT2D eigenvalue weighted by molar-refractivity contribution is 7.99. The van der Waals surface area contributed by atoms with E-state index in [2.05, 4.69) is 32.0 Å². The molecule has 2 aromatic rings. The van der Waals surface area contributed by atoms with Gasteiger partial charge in [0.1, 0.15) is 0 Å². The first-order chi connectivity index (χ1) is 9.06. The number of pyridine rings is 1. The maximum absolute atomic E-state index is 11.6. The smallest absolute Gasteiger partial charge is 0.251 e. The number of aryl methyl sites for hydroxylation is 4. The van der Waals surface area contributed by atoms with Gasteiger partial charge in [0.2, 0.25) is 0 Å². The van der Waals surface area contributed by atoms with Gasteiger partial charge in [0.25, 0.3) is 5.03 Å². The number of thioether (sulfide) groups is 1. The van der Waals surface area contributed by atoms with E-state index in [1.807, 2.05) is 19.1 Å². The van der Waals surface area contributed by atoms with Crippen molar-refractivity contribution >= 4 is 11.8 Å². The first kappa shape index (κ1) is 13.9. The number of hydrogen-bond donors (Lipinski definition) is 0. The van der Waals surface area contributed by atoms with Crippen LogP contribution in [-0.2, 0) is 6.42 Å². The molecule has 3 heteroatoms. The third-order valence-electron chi connectivity index (χ3n) is 3.17. The molecule has 1 aromatic heterocycles. The summed E-state index contributed by atoms with van der Waals surface area (Å²) in [6.45, 7) is 6.26. The zero-order valence-corrected chi connectivity index (χ0v) is 12.5. The van der Waals surface area contributed by atoms with Crippen LogP contribution in [0, 0.1) is 26.0 Å². The predicted octanol–water partition coefficient (Wildman–Crippen LogP) is 3.58. The second-order valence-corrected chi connectivity index (χ2v) is 6.01. The Balaban J connectivity index is 2.00. The topological polar surface area (TPSA) is 26.9 Å². The van der Waals surface area contributed by atoms with Crippen molar-refractivity contribution in [1.29, 1.82) is 0 Å². The lowest BCUT2D eigenvalue weighted by atomic mass is 10.0. The van der Waals surface area contributed by atoms with Gasteiger partial charge in [0.05, 0.1) is 0 Å². The van der Waals surface area contributed by atoms with Crippen LogP contribution >= 0.6 is 11.8 Å². The zero-order chi connectivity index (χ0) is 13.8. The molecule has 0 saturated heterocycles. The Bertz CT molecular complexity index is 529. The average molecular weight is 273 g/mol. The fourth-order valence-electron chi connectivity index (χ4n) is 2.01. The summed E-state index contributed by atoms with van der Waals surface area (Å²) in [6, 6.07) is 10.3. The molecule has 2 nitrogen and oxygen atoms in total. The van der Waals surface area contributed by atoms with Gasteiger partial charge in [0.15, 0.2) is 6.20 Å². The summed E-state index contributed by atoms with van der Waals surface area (Å²) in [6.07, 6.45) is 2.57. The van der Waals surface area contributed by atoms with Crippen LogP contribution in [0.25, 0.3) is 0 Å². The predicted molar refractivity (Wildman–Crippen MR) is 80.5 cm³/mol. The molecule has 1 heterocycles. The number of nitrogens with zero attached hydrogens (tertiary/aromatic N) is 1. The lowest BCUT2D eigenvalue weighted by Gasteiger charge is -2.07. The van der Waals surface area contributed by atoms with E-state index in [1.165, 1.54) is 16.7 Å². The number of hydrogen-bond acceptors (Lipinski definition) is 2. The van der Waals surface area contributed by atoms with Crippen LogP contribution in [0.1, 0.15) is 22.3 Å². The first-order valence-electron chi connectivity index (χ1n) is 6.45. The molecule has 0 amide bonds. The van der Waals surface area contributed by atoms with Crippen LogP contribution in [0.4, 0.5) is 0 Å². The van der Waals surface area contributed by atoms with E-state index in [0.717, 1.165) is 27.5 Å². The second-order valence-electron chi connectivity index (χ2n) is 4.90. The number of aromatic nitrogens is 1. The zero-order valence-electron chi connectivity index (χ0n) is 11.6. The molecule has 1 aromatic carbocycles. The molecule has 0 radical (unpaired) electrons. The second kappa shape index (κ2) is 6.11. The van der Waals surface area contributed by atoms with E-state index in [4.69, 9.17) is 0 Å². The lowest BCUT2D eigenvalue weighted by Crippen LogP contribution is -2.28. The molecule has 0 aliphatic heterocycles. The van der Waals surface area contributed by atoms with Crippen molar-refractivity contribution in [3.05, 3.63) is 64.0 Å². The van der Waals surface area contributed by atoms with Crippen LogP contribution in [0.2, 0.25) is 0 Å². The highest BCUT2D eigenvalue weighted by Gasteiger charge is 2.07. The van der Waals surface area contributed by atoms with Crippen LogP contribution in [-0.4, -0.2) is 5.75 Å². The third kappa shape index (κ3) is 3.74. The molecular weight excluding hydrogens is 254 g/mol. The summed E-state index contributed by atoms with van der Waals surface area (Å²) in [5, 5.41) is 12.4. The summed E-state index contributed by atoms with van der Waals surface area (Å²) < 4.78 is 0.945. The molecular formula is C16H19NOS. The van der Waals surface area contributed by atoms with Crippen molar-refractivity contribution < 1.29 is 4.73 Å². The van der Waals surface area contributed by atoms with E-state index < -0.39 is 0 Å². The largest absolute Gasteiger partial charge is 0.618 e. The molecule has 0 fully saturated rings. The molecule has 100 valence electrons. The Morgan fingerprint density at radius 2 is 1.79 bits per heavy atom. The van der Waals surface area contributed by atoms with E-state index in [1.54, 1.807) is 18.0 Å². The molecule has 19 heavy (non-hydrogen) atoms. The molecule has 0 aliphatic rings. The molecule has 0 spiro atoms. The van der Waals surface area contributed by atoms with Crippen molar-refractivity contribution in [1.82, 2.24) is 0 Å². The Morgan fingerprint density at radius 1 is 1.05 bits per heavy atom. The standard InChI is InChI=1S/C16H19NOS/c1-12-4-5-14(3)15(10-12)7-9-19-16-11-13(2)6-8-17(16)18/h4-6,8,10-11H,7,9H2,1-3H3. The minimum Gasteiger partial charge on any atom is -0.618 e. The fourth-order valence-corrected chi connectivity index (χ4v) is 2.99. The normalized spacial score (nSPS) is 10.7. The average Bonchev–Trinajstić information content (AvgIpc) is 2.38. The molecule has 0 atom stereocenters. The Morgan fingerprint density at radius 3 is 2.58 bits per heavy atom. The van der Waals surface area contributed by atoms with Crippen molar-refractivity contribution in [3.8, 4) is 0 Å². The van der Waals surface area contributed by atoms with Crippen LogP contribution in [0.15, 0.2) is 41.6 Å². The first-order valence-corrected chi connectivity index (χ1v) is 7.43. The van der Waals surface area contributed by atoms with Gasteiger partial charge < -0.3 is 5.21 Å². The van der Waals surface area contributed by atoms with Gasteiger partial charge in [-0.15, -0.1) is 0 Å². The van der Waals surface area contributed by atoms with Gasteiger partial charge in [-0.1, -0.05) is 35.5 Å². The van der Waals surface area contributed by atoms with Gasteiger partial charge >= 0.3 is 0 Å². The van der Waals surface area contributed by atoms with Crippen molar-refractivity contribution in [2.24, 2.45) is 0 Å². The molecule has 2 rings (SSSR count). The highest BCUT2D eigenvalue weighted by atomic mass is 32.2. The summed E-state index contributed by atoms with van der Waals surface area (Å²) in [5.41, 5.74) is 5.12. The fraction of sp³-hybridized carbons (Fsp3) is 0.312. The summed E-state index contributed by atoms with van der Waals surface area (Å²) >= 11 is 1.62.